The van der Waals surface area contributed by atoms with E-state index in [1.54, 1.807) is 25.1 Å². The van der Waals surface area contributed by atoms with Crippen LogP contribution >= 0.6 is 15.9 Å². The third kappa shape index (κ3) is 3.51. The number of rotatable bonds is 4. The molecule has 2 rings (SSSR count). The van der Waals surface area contributed by atoms with Crippen molar-refractivity contribution in [3.05, 3.63) is 52.5 Å². The minimum absolute atomic E-state index is 0.323. The molecule has 0 aromatic heterocycles. The molecule has 20 heavy (non-hydrogen) atoms. The zero-order valence-corrected chi connectivity index (χ0v) is 12.6. The number of nitrogens with one attached hydrogen (secondary N) is 1. The van der Waals surface area contributed by atoms with Crippen molar-refractivity contribution in [2.45, 2.75) is 6.92 Å². The lowest BCUT2D eigenvalue weighted by Gasteiger charge is -2.12. The summed E-state index contributed by atoms with van der Waals surface area (Å²) in [6.07, 6.45) is 0. The SMILES string of the molecule is CCOC(=O)c1cc(N)ccc1Nc1cccc(Br)c1. The molecule has 4 nitrogen and oxygen atoms in total. The monoisotopic (exact) mass is 334 g/mol. The third-order valence-corrected chi connectivity index (χ3v) is 3.14. The molecule has 0 saturated carbocycles. The van der Waals surface area contributed by atoms with Crippen LogP contribution in [0.4, 0.5) is 17.1 Å². The highest BCUT2D eigenvalue weighted by molar-refractivity contribution is 9.10. The average Bonchev–Trinajstić information content (AvgIpc) is 2.41. The van der Waals surface area contributed by atoms with E-state index in [-0.39, 0.29) is 0 Å². The highest BCUT2D eigenvalue weighted by Gasteiger charge is 2.13. The number of benzene rings is 2. The first-order chi connectivity index (χ1) is 9.60. The summed E-state index contributed by atoms with van der Waals surface area (Å²) in [4.78, 5) is 11.9. The highest BCUT2D eigenvalue weighted by Crippen LogP contribution is 2.25. The molecule has 0 amide bonds. The summed E-state index contributed by atoms with van der Waals surface area (Å²) in [5.74, 6) is -0.391. The molecule has 0 aliphatic rings. The Kier molecular flexibility index (Phi) is 4.63. The van der Waals surface area contributed by atoms with Gasteiger partial charge in [-0.15, -0.1) is 0 Å². The quantitative estimate of drug-likeness (QED) is 0.656. The van der Waals surface area contributed by atoms with Crippen LogP contribution in [-0.2, 0) is 4.74 Å². The van der Waals surface area contributed by atoms with Gasteiger partial charge in [-0.1, -0.05) is 22.0 Å². The smallest absolute Gasteiger partial charge is 0.340 e. The number of nitrogen functional groups attached to an aromatic ring is 1. The zero-order chi connectivity index (χ0) is 14.5. The maximum Gasteiger partial charge on any atom is 0.340 e. The minimum atomic E-state index is -0.391. The Labute approximate surface area is 126 Å². The maximum atomic E-state index is 11.9. The van der Waals surface area contributed by atoms with Crippen LogP contribution in [0.25, 0.3) is 0 Å². The van der Waals surface area contributed by atoms with Gasteiger partial charge in [-0.05, 0) is 43.3 Å². The fraction of sp³-hybridized carbons (Fsp3) is 0.133. The Bertz CT molecular complexity index is 629. The molecule has 0 saturated heterocycles. The maximum absolute atomic E-state index is 11.9. The molecule has 2 aromatic rings. The summed E-state index contributed by atoms with van der Waals surface area (Å²) in [5, 5.41) is 3.19. The van der Waals surface area contributed by atoms with Crippen molar-refractivity contribution in [1.29, 1.82) is 0 Å². The summed E-state index contributed by atoms with van der Waals surface area (Å²) < 4.78 is 6.00. The van der Waals surface area contributed by atoms with E-state index in [0.717, 1.165) is 10.2 Å². The van der Waals surface area contributed by atoms with Crippen molar-refractivity contribution in [1.82, 2.24) is 0 Å². The second kappa shape index (κ2) is 6.43. The topological polar surface area (TPSA) is 64.3 Å². The number of carbonyl (C=O) groups excluding carboxylic acids is 1. The normalized spacial score (nSPS) is 10.1. The summed E-state index contributed by atoms with van der Waals surface area (Å²) in [5.41, 5.74) is 8.21. The number of ether oxygens (including phenoxy) is 1. The van der Waals surface area contributed by atoms with E-state index in [1.165, 1.54) is 0 Å². The fourth-order valence-electron chi connectivity index (χ4n) is 1.77. The molecule has 104 valence electrons. The van der Waals surface area contributed by atoms with Crippen LogP contribution in [0.5, 0.6) is 0 Å². The molecule has 0 unspecified atom stereocenters. The Morgan fingerprint density at radius 1 is 1.30 bits per heavy atom. The van der Waals surface area contributed by atoms with Crippen molar-refractivity contribution in [3.63, 3.8) is 0 Å². The van der Waals surface area contributed by atoms with Gasteiger partial charge in [0.15, 0.2) is 0 Å². The fourth-order valence-corrected chi connectivity index (χ4v) is 2.17. The first-order valence-corrected chi connectivity index (χ1v) is 6.98. The first-order valence-electron chi connectivity index (χ1n) is 6.19. The molecule has 0 spiro atoms. The van der Waals surface area contributed by atoms with E-state index < -0.39 is 5.97 Å². The van der Waals surface area contributed by atoms with E-state index in [4.69, 9.17) is 10.5 Å². The predicted octanol–water partition coefficient (Wildman–Crippen LogP) is 3.95. The van der Waals surface area contributed by atoms with Gasteiger partial charge in [0.05, 0.1) is 17.9 Å². The number of halogens is 1. The van der Waals surface area contributed by atoms with E-state index in [1.807, 2.05) is 24.3 Å². The number of anilines is 3. The second-order valence-electron chi connectivity index (χ2n) is 4.16. The van der Waals surface area contributed by atoms with Crippen LogP contribution in [0.3, 0.4) is 0 Å². The molecule has 0 fully saturated rings. The van der Waals surface area contributed by atoms with Crippen LogP contribution in [0, 0.1) is 0 Å². The Morgan fingerprint density at radius 3 is 2.80 bits per heavy atom. The zero-order valence-electron chi connectivity index (χ0n) is 11.0. The Hall–Kier alpha value is -2.01. The van der Waals surface area contributed by atoms with E-state index in [9.17, 15) is 4.79 Å². The van der Waals surface area contributed by atoms with Gasteiger partial charge in [-0.2, -0.15) is 0 Å². The summed E-state index contributed by atoms with van der Waals surface area (Å²) in [6, 6.07) is 12.8. The van der Waals surface area contributed by atoms with E-state index in [0.29, 0.717) is 23.5 Å². The predicted molar refractivity (Wildman–Crippen MR) is 84.2 cm³/mol. The van der Waals surface area contributed by atoms with Crippen LogP contribution < -0.4 is 11.1 Å². The van der Waals surface area contributed by atoms with Crippen LogP contribution in [-0.4, -0.2) is 12.6 Å². The number of nitrogens with two attached hydrogens (primary N) is 1. The van der Waals surface area contributed by atoms with E-state index in [2.05, 4.69) is 21.2 Å². The largest absolute Gasteiger partial charge is 0.462 e. The molecular weight excluding hydrogens is 320 g/mol. The lowest BCUT2D eigenvalue weighted by atomic mass is 10.1. The van der Waals surface area contributed by atoms with Crippen LogP contribution in [0.15, 0.2) is 46.9 Å². The molecule has 0 radical (unpaired) electrons. The second-order valence-corrected chi connectivity index (χ2v) is 5.08. The van der Waals surface area contributed by atoms with Gasteiger partial charge < -0.3 is 15.8 Å². The van der Waals surface area contributed by atoms with Gasteiger partial charge in [-0.3, -0.25) is 0 Å². The van der Waals surface area contributed by atoms with Crippen molar-refractivity contribution in [2.75, 3.05) is 17.7 Å². The minimum Gasteiger partial charge on any atom is -0.462 e. The van der Waals surface area contributed by atoms with E-state index >= 15 is 0 Å². The molecule has 0 atom stereocenters. The average molecular weight is 335 g/mol. The highest BCUT2D eigenvalue weighted by atomic mass is 79.9. The van der Waals surface area contributed by atoms with Gasteiger partial charge in [0.1, 0.15) is 0 Å². The van der Waals surface area contributed by atoms with Crippen LogP contribution in [0.2, 0.25) is 0 Å². The van der Waals surface area contributed by atoms with Crippen LogP contribution in [0.1, 0.15) is 17.3 Å². The van der Waals surface area contributed by atoms with Gasteiger partial charge in [-0.25, -0.2) is 4.79 Å². The number of esters is 1. The van der Waals surface area contributed by atoms with Crippen molar-refractivity contribution in [2.24, 2.45) is 0 Å². The van der Waals surface area contributed by atoms with Gasteiger partial charge in [0.25, 0.3) is 0 Å². The standard InChI is InChI=1S/C15H15BrN2O2/c1-2-20-15(19)13-9-11(17)6-7-14(13)18-12-5-3-4-10(16)8-12/h3-9,18H,2,17H2,1H3. The molecular formula is C15H15BrN2O2. The van der Waals surface area contributed by atoms with Gasteiger partial charge in [0.2, 0.25) is 0 Å². The number of hydrogen-bond acceptors (Lipinski definition) is 4. The van der Waals surface area contributed by atoms with Crippen molar-refractivity contribution in [3.8, 4) is 0 Å². The molecule has 3 N–H and O–H groups in total. The molecule has 2 aromatic carbocycles. The molecule has 0 aliphatic carbocycles. The molecule has 0 aliphatic heterocycles. The third-order valence-electron chi connectivity index (χ3n) is 2.64. The molecule has 0 bridgehead atoms. The molecule has 5 heteroatoms. The van der Waals surface area contributed by atoms with Crippen molar-refractivity contribution < 1.29 is 9.53 Å². The summed E-state index contributed by atoms with van der Waals surface area (Å²) in [7, 11) is 0. The number of carbonyl (C=O) groups is 1. The summed E-state index contributed by atoms with van der Waals surface area (Å²) in [6.45, 7) is 2.09. The van der Waals surface area contributed by atoms with Gasteiger partial charge in [0, 0.05) is 15.8 Å². The Balaban J connectivity index is 2.33. The Morgan fingerprint density at radius 2 is 2.10 bits per heavy atom. The first kappa shape index (κ1) is 14.4. The number of hydrogen-bond donors (Lipinski definition) is 2. The van der Waals surface area contributed by atoms with Crippen molar-refractivity contribution >= 4 is 39.0 Å². The summed E-state index contributed by atoms with van der Waals surface area (Å²) >= 11 is 3.41. The van der Waals surface area contributed by atoms with Gasteiger partial charge >= 0.3 is 5.97 Å². The lowest BCUT2D eigenvalue weighted by molar-refractivity contribution is 0.0527. The lowest BCUT2D eigenvalue weighted by Crippen LogP contribution is -2.08. The molecule has 0 heterocycles.